The molecule has 0 aliphatic heterocycles. The van der Waals surface area contributed by atoms with Crippen LogP contribution in [0.1, 0.15) is 5.56 Å². The number of pyridine rings is 1. The number of aromatic nitrogens is 7. The summed E-state index contributed by atoms with van der Waals surface area (Å²) in [4.78, 5) is 16.9. The molecule has 30 heavy (non-hydrogen) atoms. The molecule has 9 nitrogen and oxygen atoms in total. The Morgan fingerprint density at radius 3 is 2.60 bits per heavy atom. The van der Waals surface area contributed by atoms with Crippen LogP contribution >= 0.6 is 11.8 Å². The van der Waals surface area contributed by atoms with Crippen molar-refractivity contribution in [3.63, 3.8) is 0 Å². The third kappa shape index (κ3) is 4.20. The van der Waals surface area contributed by atoms with Crippen LogP contribution in [-0.2, 0) is 6.54 Å². The molecule has 0 fully saturated rings. The highest BCUT2D eigenvalue weighted by Gasteiger charge is 2.29. The molecule has 0 unspecified atom stereocenters. The Morgan fingerprint density at radius 2 is 1.93 bits per heavy atom. The molecule has 0 spiro atoms. The van der Waals surface area contributed by atoms with Gasteiger partial charge >= 0.3 is 11.2 Å². The summed E-state index contributed by atoms with van der Waals surface area (Å²) in [5, 5.41) is 23.7. The Morgan fingerprint density at radius 1 is 1.17 bits per heavy atom. The predicted octanol–water partition coefficient (Wildman–Crippen LogP) is 2.58. The Labute approximate surface area is 170 Å². The van der Waals surface area contributed by atoms with E-state index in [0.717, 1.165) is 4.57 Å². The maximum Gasteiger partial charge on any atom is 0.446 e. The highest BCUT2D eigenvalue weighted by molar-refractivity contribution is 8.00. The lowest BCUT2D eigenvalue weighted by atomic mass is 10.2. The Balaban J connectivity index is 1.60. The number of benzene rings is 1. The number of hydrogen-bond donors (Lipinski definition) is 2. The molecule has 0 aliphatic carbocycles. The van der Waals surface area contributed by atoms with Crippen molar-refractivity contribution in [1.29, 1.82) is 0 Å². The first-order chi connectivity index (χ1) is 14.3. The van der Waals surface area contributed by atoms with E-state index in [1.54, 1.807) is 12.1 Å². The van der Waals surface area contributed by atoms with Crippen molar-refractivity contribution in [1.82, 2.24) is 34.7 Å². The van der Waals surface area contributed by atoms with Crippen molar-refractivity contribution in [2.24, 2.45) is 0 Å². The Hall–Kier alpha value is -3.61. The number of aromatic hydroxyl groups is 1. The van der Waals surface area contributed by atoms with Crippen molar-refractivity contribution in [2.75, 3.05) is 0 Å². The molecule has 3 heterocycles. The summed E-state index contributed by atoms with van der Waals surface area (Å²) in [5.41, 5.74) is -3.57. The average molecular weight is 435 g/mol. The second kappa shape index (κ2) is 7.67. The first kappa shape index (κ1) is 19.7. The summed E-state index contributed by atoms with van der Waals surface area (Å²) in [7, 11) is 0. The molecule has 0 saturated heterocycles. The monoisotopic (exact) mass is 435 g/mol. The zero-order valence-electron chi connectivity index (χ0n) is 14.9. The molecule has 4 aromatic rings. The van der Waals surface area contributed by atoms with Crippen molar-refractivity contribution < 1.29 is 18.3 Å². The lowest BCUT2D eigenvalue weighted by Crippen LogP contribution is -2.23. The summed E-state index contributed by atoms with van der Waals surface area (Å²) < 4.78 is 39.7. The number of hydrogen-bond acceptors (Lipinski definition) is 7. The minimum absolute atomic E-state index is 0.0241. The van der Waals surface area contributed by atoms with Crippen LogP contribution in [0.4, 0.5) is 13.2 Å². The van der Waals surface area contributed by atoms with Gasteiger partial charge in [-0.3, -0.25) is 9.55 Å². The highest BCUT2D eigenvalue weighted by atomic mass is 32.2. The summed E-state index contributed by atoms with van der Waals surface area (Å²) in [6.07, 6.45) is 2.77. The van der Waals surface area contributed by atoms with Gasteiger partial charge in [-0.1, -0.05) is 0 Å². The van der Waals surface area contributed by atoms with E-state index in [1.807, 2.05) is 0 Å². The quantitative estimate of drug-likeness (QED) is 0.463. The first-order valence-corrected chi connectivity index (χ1v) is 9.18. The number of alkyl halides is 3. The topological polar surface area (TPSA) is 115 Å². The Bertz CT molecular complexity index is 1220. The van der Waals surface area contributed by atoms with Crippen molar-refractivity contribution in [2.45, 2.75) is 16.9 Å². The van der Waals surface area contributed by atoms with Crippen LogP contribution in [0.2, 0.25) is 0 Å². The number of halogens is 3. The molecule has 4 rings (SSSR count). The van der Waals surface area contributed by atoms with E-state index in [-0.39, 0.29) is 34.8 Å². The number of imidazole rings is 1. The molecule has 0 atom stereocenters. The van der Waals surface area contributed by atoms with Gasteiger partial charge in [-0.25, -0.2) is 9.36 Å². The molecule has 0 radical (unpaired) electrons. The van der Waals surface area contributed by atoms with E-state index in [2.05, 4.69) is 25.6 Å². The fraction of sp³-hybridized carbons (Fsp3) is 0.118. The van der Waals surface area contributed by atoms with E-state index in [9.17, 15) is 23.1 Å². The molecule has 0 saturated carbocycles. The third-order valence-electron chi connectivity index (χ3n) is 4.02. The smallest absolute Gasteiger partial charge is 0.446 e. The molecule has 0 bridgehead atoms. The summed E-state index contributed by atoms with van der Waals surface area (Å²) >= 11 is -0.258. The molecule has 1 aromatic carbocycles. The summed E-state index contributed by atoms with van der Waals surface area (Å²) in [6, 6.07) is 8.50. The van der Waals surface area contributed by atoms with Crippen LogP contribution < -0.4 is 5.69 Å². The lowest BCUT2D eigenvalue weighted by molar-refractivity contribution is -0.0328. The Kier molecular flexibility index (Phi) is 5.03. The van der Waals surface area contributed by atoms with Gasteiger partial charge in [0, 0.05) is 11.1 Å². The zero-order valence-corrected chi connectivity index (χ0v) is 15.7. The number of nitrogens with zero attached hydrogens (tertiary/aromatic N) is 6. The molecule has 154 valence electrons. The molecular formula is C17H12F3N7O2S. The van der Waals surface area contributed by atoms with Gasteiger partial charge in [0.05, 0.1) is 18.4 Å². The lowest BCUT2D eigenvalue weighted by Gasteiger charge is -2.07. The summed E-state index contributed by atoms with van der Waals surface area (Å²) in [6.45, 7) is 0.120. The second-order valence-electron chi connectivity index (χ2n) is 6.06. The van der Waals surface area contributed by atoms with E-state index in [0.29, 0.717) is 17.1 Å². The van der Waals surface area contributed by atoms with Crippen LogP contribution in [0.25, 0.3) is 17.2 Å². The van der Waals surface area contributed by atoms with Gasteiger partial charge in [0.15, 0.2) is 0 Å². The standard InChI is InChI=1S/C17H12F3N7O2S/c18-17(19,20)30-12-3-1-11(2-4-12)27-14(28)9-26(16(27)29)8-10-5-6-21-13(7-10)15-22-24-25-23-15/h1-7,9,28H,8H2,(H,22,23,24,25). The van der Waals surface area contributed by atoms with Gasteiger partial charge in [-0.15, -0.1) is 10.2 Å². The maximum absolute atomic E-state index is 12.7. The van der Waals surface area contributed by atoms with Crippen LogP contribution in [0.5, 0.6) is 5.88 Å². The number of aromatic amines is 1. The van der Waals surface area contributed by atoms with Crippen molar-refractivity contribution >= 4 is 11.8 Å². The molecule has 0 aliphatic rings. The third-order valence-corrected chi connectivity index (χ3v) is 4.76. The van der Waals surface area contributed by atoms with Crippen LogP contribution in [0.3, 0.4) is 0 Å². The van der Waals surface area contributed by atoms with Gasteiger partial charge in [-0.05, 0) is 58.9 Å². The fourth-order valence-electron chi connectivity index (χ4n) is 2.79. The zero-order chi connectivity index (χ0) is 21.3. The fourth-order valence-corrected chi connectivity index (χ4v) is 3.33. The minimum Gasteiger partial charge on any atom is -0.493 e. The van der Waals surface area contributed by atoms with Crippen LogP contribution in [0, 0.1) is 0 Å². The normalized spacial score (nSPS) is 11.7. The van der Waals surface area contributed by atoms with E-state index < -0.39 is 11.2 Å². The summed E-state index contributed by atoms with van der Waals surface area (Å²) in [5.74, 6) is -0.0508. The van der Waals surface area contributed by atoms with Crippen LogP contribution in [0.15, 0.2) is 58.5 Å². The second-order valence-corrected chi connectivity index (χ2v) is 7.20. The van der Waals surface area contributed by atoms with Crippen molar-refractivity contribution in [3.05, 3.63) is 64.8 Å². The van der Waals surface area contributed by atoms with Gasteiger partial charge in [0.1, 0.15) is 5.69 Å². The molecule has 13 heteroatoms. The number of nitrogens with one attached hydrogen (secondary N) is 1. The highest BCUT2D eigenvalue weighted by Crippen LogP contribution is 2.37. The van der Waals surface area contributed by atoms with Gasteiger partial charge < -0.3 is 5.11 Å². The van der Waals surface area contributed by atoms with Crippen LogP contribution in [-0.4, -0.2) is 45.4 Å². The number of rotatable bonds is 5. The SMILES string of the molecule is O=c1n(Cc2ccnc(-c3nn[nH]n3)c2)cc(O)n1-c1ccc(SC(F)(F)F)cc1. The number of tetrazole rings is 1. The average Bonchev–Trinajstić information content (AvgIpc) is 3.31. The molecule has 2 N–H and O–H groups in total. The predicted molar refractivity (Wildman–Crippen MR) is 100 cm³/mol. The molecule has 0 amide bonds. The minimum atomic E-state index is -4.41. The van der Waals surface area contributed by atoms with Gasteiger partial charge in [0.25, 0.3) is 0 Å². The molecular weight excluding hydrogens is 423 g/mol. The van der Waals surface area contributed by atoms with E-state index >= 15 is 0 Å². The first-order valence-electron chi connectivity index (χ1n) is 8.36. The van der Waals surface area contributed by atoms with Gasteiger partial charge in [0.2, 0.25) is 11.7 Å². The van der Waals surface area contributed by atoms with Crippen molar-refractivity contribution in [3.8, 4) is 23.1 Å². The molecule has 3 aromatic heterocycles. The van der Waals surface area contributed by atoms with E-state index in [4.69, 9.17) is 0 Å². The number of thioether (sulfide) groups is 1. The maximum atomic E-state index is 12.7. The van der Waals surface area contributed by atoms with Gasteiger partial charge in [-0.2, -0.15) is 18.4 Å². The van der Waals surface area contributed by atoms with E-state index in [1.165, 1.54) is 41.2 Å². The number of H-pyrrole nitrogens is 1. The largest absolute Gasteiger partial charge is 0.493 e.